The van der Waals surface area contributed by atoms with Crippen molar-refractivity contribution >= 4 is 16.8 Å². The predicted octanol–water partition coefficient (Wildman–Crippen LogP) is 1.03. The summed E-state index contributed by atoms with van der Waals surface area (Å²) in [6, 6.07) is 4.92. The number of aromatic nitrogens is 1. The van der Waals surface area contributed by atoms with Crippen LogP contribution in [0, 0.1) is 0 Å². The number of carboxylic acid groups (broad SMARTS) is 1. The van der Waals surface area contributed by atoms with Gasteiger partial charge in [-0.05, 0) is 25.1 Å². The van der Waals surface area contributed by atoms with Crippen LogP contribution in [-0.4, -0.2) is 38.3 Å². The van der Waals surface area contributed by atoms with Crippen LogP contribution in [0.15, 0.2) is 18.2 Å². The molecule has 0 spiro atoms. The van der Waals surface area contributed by atoms with Crippen molar-refractivity contribution in [1.29, 1.82) is 0 Å². The van der Waals surface area contributed by atoms with E-state index in [9.17, 15) is 9.00 Å². The third kappa shape index (κ3) is 4.93. The highest BCUT2D eigenvalue weighted by molar-refractivity contribution is 7.84. The average Bonchev–Trinajstić information content (AvgIpc) is 2.34. The molecular formula is C12H18N2O3S. The summed E-state index contributed by atoms with van der Waals surface area (Å²) in [5.74, 6) is -1.02. The normalized spacial score (nSPS) is 14.1. The molecule has 2 unspecified atom stereocenters. The van der Waals surface area contributed by atoms with Gasteiger partial charge in [0.05, 0.1) is 5.69 Å². The van der Waals surface area contributed by atoms with Crippen LogP contribution in [0.4, 0.5) is 0 Å². The first-order valence-electron chi connectivity index (χ1n) is 5.73. The number of carbonyl (C=O) groups is 1. The number of aromatic carboxylic acids is 1. The fourth-order valence-electron chi connectivity index (χ4n) is 1.38. The molecule has 0 saturated carbocycles. The number of nitrogens with one attached hydrogen (secondary N) is 1. The van der Waals surface area contributed by atoms with Gasteiger partial charge < -0.3 is 10.4 Å². The number of pyridine rings is 1. The first-order chi connectivity index (χ1) is 8.50. The molecule has 0 aliphatic rings. The molecular weight excluding hydrogens is 252 g/mol. The molecule has 0 aliphatic heterocycles. The second-order valence-corrected chi connectivity index (χ2v) is 5.90. The van der Waals surface area contributed by atoms with Gasteiger partial charge in [0.15, 0.2) is 0 Å². The molecule has 18 heavy (non-hydrogen) atoms. The molecule has 0 fully saturated rings. The number of nitrogens with zero attached hydrogens (tertiary/aromatic N) is 1. The minimum Gasteiger partial charge on any atom is -0.477 e. The van der Waals surface area contributed by atoms with Crippen molar-refractivity contribution < 1.29 is 14.1 Å². The minimum absolute atomic E-state index is 0.0531. The number of hydrogen-bond donors (Lipinski definition) is 2. The first kappa shape index (κ1) is 14.8. The summed E-state index contributed by atoms with van der Waals surface area (Å²) >= 11 is 0. The molecule has 0 aliphatic carbocycles. The van der Waals surface area contributed by atoms with Gasteiger partial charge in [0.1, 0.15) is 5.69 Å². The Balaban J connectivity index is 2.38. The maximum atomic E-state index is 11.1. The van der Waals surface area contributed by atoms with E-state index in [0.29, 0.717) is 12.2 Å². The number of hydrogen-bond acceptors (Lipinski definition) is 4. The van der Waals surface area contributed by atoms with E-state index in [4.69, 9.17) is 5.11 Å². The van der Waals surface area contributed by atoms with E-state index < -0.39 is 16.8 Å². The molecule has 0 amide bonds. The summed E-state index contributed by atoms with van der Waals surface area (Å²) in [4.78, 5) is 14.7. The van der Waals surface area contributed by atoms with Crippen LogP contribution in [0.2, 0.25) is 0 Å². The molecule has 1 aromatic rings. The van der Waals surface area contributed by atoms with Crippen molar-refractivity contribution in [2.75, 3.05) is 12.8 Å². The van der Waals surface area contributed by atoms with Crippen LogP contribution >= 0.6 is 0 Å². The summed E-state index contributed by atoms with van der Waals surface area (Å²) in [7, 11) is -0.801. The predicted molar refractivity (Wildman–Crippen MR) is 71.0 cm³/mol. The average molecular weight is 270 g/mol. The van der Waals surface area contributed by atoms with Gasteiger partial charge in [-0.15, -0.1) is 0 Å². The molecule has 6 heteroatoms. The molecule has 100 valence electrons. The topological polar surface area (TPSA) is 79.3 Å². The van der Waals surface area contributed by atoms with Gasteiger partial charge in [-0.3, -0.25) is 4.21 Å². The quantitative estimate of drug-likeness (QED) is 0.723. The summed E-state index contributed by atoms with van der Waals surface area (Å²) in [6.45, 7) is 3.20. The summed E-state index contributed by atoms with van der Waals surface area (Å²) in [6.07, 6.45) is 2.52. The van der Waals surface area contributed by atoms with Crippen molar-refractivity contribution in [3.05, 3.63) is 29.6 Å². The van der Waals surface area contributed by atoms with E-state index in [1.165, 1.54) is 6.07 Å². The van der Waals surface area contributed by atoms with Crippen LogP contribution < -0.4 is 5.32 Å². The lowest BCUT2D eigenvalue weighted by Gasteiger charge is -2.09. The fraction of sp³-hybridized carbons (Fsp3) is 0.500. The lowest BCUT2D eigenvalue weighted by molar-refractivity contribution is 0.0690. The highest BCUT2D eigenvalue weighted by atomic mass is 32.2. The molecule has 1 aromatic heterocycles. The van der Waals surface area contributed by atoms with Gasteiger partial charge in [0, 0.05) is 28.9 Å². The highest BCUT2D eigenvalue weighted by Crippen LogP contribution is 2.01. The van der Waals surface area contributed by atoms with Crippen LogP contribution in [0.1, 0.15) is 29.5 Å². The van der Waals surface area contributed by atoms with Crippen molar-refractivity contribution in [3.63, 3.8) is 0 Å². The second-order valence-electron chi connectivity index (χ2n) is 4.09. The highest BCUT2D eigenvalue weighted by Gasteiger charge is 2.06. The van der Waals surface area contributed by atoms with Gasteiger partial charge in [-0.2, -0.15) is 0 Å². The molecule has 2 N–H and O–H groups in total. The summed E-state index contributed by atoms with van der Waals surface area (Å²) in [5.41, 5.74) is 0.748. The summed E-state index contributed by atoms with van der Waals surface area (Å²) < 4.78 is 11.1. The van der Waals surface area contributed by atoms with Gasteiger partial charge in [0.2, 0.25) is 0 Å². The molecule has 0 saturated heterocycles. The van der Waals surface area contributed by atoms with Crippen LogP contribution in [-0.2, 0) is 17.3 Å². The lowest BCUT2D eigenvalue weighted by Crippen LogP contribution is -2.21. The number of carboxylic acids is 1. The molecule has 0 aromatic carbocycles. The van der Waals surface area contributed by atoms with Gasteiger partial charge in [-0.1, -0.05) is 13.0 Å². The smallest absolute Gasteiger partial charge is 0.354 e. The van der Waals surface area contributed by atoms with Crippen molar-refractivity contribution in [2.24, 2.45) is 0 Å². The minimum atomic E-state index is -1.02. The maximum absolute atomic E-state index is 11.1. The molecule has 0 radical (unpaired) electrons. The van der Waals surface area contributed by atoms with Crippen LogP contribution in [0.25, 0.3) is 0 Å². The van der Waals surface area contributed by atoms with Gasteiger partial charge >= 0.3 is 5.97 Å². The largest absolute Gasteiger partial charge is 0.477 e. The molecule has 1 heterocycles. The molecule has 1 rings (SSSR count). The first-order valence-corrected chi connectivity index (χ1v) is 7.35. The van der Waals surface area contributed by atoms with Crippen LogP contribution in [0.3, 0.4) is 0 Å². The zero-order chi connectivity index (χ0) is 13.5. The zero-order valence-corrected chi connectivity index (χ0v) is 11.4. The Morgan fingerprint density at radius 1 is 1.56 bits per heavy atom. The third-order valence-corrected chi connectivity index (χ3v) is 4.00. The fourth-order valence-corrected chi connectivity index (χ4v) is 1.83. The maximum Gasteiger partial charge on any atom is 0.354 e. The SMILES string of the molecule is CC(CCNCc1cccc(C(=O)O)n1)S(C)=O. The summed E-state index contributed by atoms with van der Waals surface area (Å²) in [5, 5.41) is 12.1. The van der Waals surface area contributed by atoms with Crippen molar-refractivity contribution in [2.45, 2.75) is 25.1 Å². The van der Waals surface area contributed by atoms with Crippen molar-refractivity contribution in [1.82, 2.24) is 10.3 Å². The Bertz CT molecular complexity index is 437. The Morgan fingerprint density at radius 3 is 2.89 bits per heavy atom. The van der Waals surface area contributed by atoms with E-state index in [-0.39, 0.29) is 10.9 Å². The Labute approximate surface area is 109 Å². The van der Waals surface area contributed by atoms with Crippen LogP contribution in [0.5, 0.6) is 0 Å². The van der Waals surface area contributed by atoms with E-state index in [0.717, 1.165) is 13.0 Å². The molecule has 2 atom stereocenters. The Hall–Kier alpha value is -1.27. The van der Waals surface area contributed by atoms with E-state index in [1.807, 2.05) is 6.92 Å². The number of rotatable bonds is 7. The van der Waals surface area contributed by atoms with E-state index in [2.05, 4.69) is 10.3 Å². The Morgan fingerprint density at radius 2 is 2.28 bits per heavy atom. The zero-order valence-electron chi connectivity index (χ0n) is 10.5. The third-order valence-electron chi connectivity index (χ3n) is 2.63. The van der Waals surface area contributed by atoms with Gasteiger partial charge in [0.25, 0.3) is 0 Å². The van der Waals surface area contributed by atoms with E-state index in [1.54, 1.807) is 18.4 Å². The molecule has 0 bridgehead atoms. The molecule has 5 nitrogen and oxygen atoms in total. The van der Waals surface area contributed by atoms with Gasteiger partial charge in [-0.25, -0.2) is 9.78 Å². The monoisotopic (exact) mass is 270 g/mol. The lowest BCUT2D eigenvalue weighted by atomic mass is 10.3. The standard InChI is InChI=1S/C12H18N2O3S/c1-9(18(2)17)6-7-13-8-10-4-3-5-11(14-10)12(15)16/h3-5,9,13H,6-8H2,1-2H3,(H,15,16). The Kier molecular flexibility index (Phi) is 5.94. The van der Waals surface area contributed by atoms with Crippen molar-refractivity contribution in [3.8, 4) is 0 Å². The van der Waals surface area contributed by atoms with E-state index >= 15 is 0 Å². The second kappa shape index (κ2) is 7.23.